The first-order chi connectivity index (χ1) is 12.2. The van der Waals surface area contributed by atoms with Crippen LogP contribution in [0.3, 0.4) is 0 Å². The van der Waals surface area contributed by atoms with Gasteiger partial charge in [0.2, 0.25) is 0 Å². The summed E-state index contributed by atoms with van der Waals surface area (Å²) in [6, 6.07) is 7.09. The fourth-order valence-corrected chi connectivity index (χ4v) is 3.45. The van der Waals surface area contributed by atoms with E-state index >= 15 is 0 Å². The van der Waals surface area contributed by atoms with Gasteiger partial charge in [-0.3, -0.25) is 4.79 Å². The van der Waals surface area contributed by atoms with Crippen LogP contribution in [0.25, 0.3) is 6.08 Å². The number of carbonyl (C=O) groups is 1. The Kier molecular flexibility index (Phi) is 4.12. The molecule has 2 aromatic rings. The van der Waals surface area contributed by atoms with Gasteiger partial charge in [-0.1, -0.05) is 0 Å². The molecule has 2 heterocycles. The molecule has 1 aliphatic heterocycles. The molecule has 1 aromatic carbocycles. The van der Waals surface area contributed by atoms with Gasteiger partial charge >= 0.3 is 0 Å². The van der Waals surface area contributed by atoms with Crippen molar-refractivity contribution in [1.29, 1.82) is 5.26 Å². The van der Waals surface area contributed by atoms with Crippen LogP contribution in [0.2, 0.25) is 0 Å². The lowest BCUT2D eigenvalue weighted by Gasteiger charge is -2.18. The van der Waals surface area contributed by atoms with Crippen LogP contribution in [0.4, 0.5) is 5.69 Å². The van der Waals surface area contributed by atoms with Crippen LogP contribution in [0, 0.1) is 11.3 Å². The number of anilines is 1. The molecule has 1 fully saturated rings. The number of benzene rings is 1. The number of hydrogen-bond donors (Lipinski definition) is 1. The third kappa shape index (κ3) is 3.49. The number of aromatic nitrogens is 1. The van der Waals surface area contributed by atoms with E-state index in [0.29, 0.717) is 42.0 Å². The van der Waals surface area contributed by atoms with Crippen LogP contribution in [0.15, 0.2) is 29.2 Å². The van der Waals surface area contributed by atoms with E-state index in [1.54, 1.807) is 29.5 Å². The van der Waals surface area contributed by atoms with Crippen molar-refractivity contribution in [3.8, 4) is 17.6 Å². The minimum Gasteiger partial charge on any atom is -0.486 e. The Labute approximate surface area is 148 Å². The highest BCUT2D eigenvalue weighted by Gasteiger charge is 2.26. The number of thiazole rings is 1. The van der Waals surface area contributed by atoms with Crippen molar-refractivity contribution in [1.82, 2.24) is 4.98 Å². The predicted molar refractivity (Wildman–Crippen MR) is 93.7 cm³/mol. The molecule has 1 aliphatic carbocycles. The number of nitrogens with zero attached hydrogens (tertiary/aromatic N) is 2. The number of nitrogens with one attached hydrogen (secondary N) is 1. The fourth-order valence-electron chi connectivity index (χ4n) is 2.50. The number of fused-ring (bicyclic) bond motifs is 1. The summed E-state index contributed by atoms with van der Waals surface area (Å²) in [5.41, 5.74) is 1.22. The largest absolute Gasteiger partial charge is 0.486 e. The predicted octanol–water partition coefficient (Wildman–Crippen LogP) is 3.34. The number of ether oxygens (including phenoxy) is 2. The minimum atomic E-state index is -0.472. The summed E-state index contributed by atoms with van der Waals surface area (Å²) in [5, 5.41) is 15.0. The fraction of sp³-hybridized carbons (Fsp3) is 0.278. The second kappa shape index (κ2) is 6.57. The molecule has 6 nitrogen and oxygen atoms in total. The van der Waals surface area contributed by atoms with Gasteiger partial charge in [0.15, 0.2) is 11.5 Å². The first-order valence-electron chi connectivity index (χ1n) is 8.01. The maximum atomic E-state index is 12.4. The SMILES string of the molecule is N#CC(=Cc1csc(C2CC2)n1)C(=O)Nc1ccc2c(c1)OCCO2. The van der Waals surface area contributed by atoms with Gasteiger partial charge in [-0.25, -0.2) is 4.98 Å². The minimum absolute atomic E-state index is 0.0162. The summed E-state index contributed by atoms with van der Waals surface area (Å²) in [5.74, 6) is 1.32. The maximum absolute atomic E-state index is 12.4. The molecule has 7 heteroatoms. The van der Waals surface area contributed by atoms with E-state index in [0.717, 1.165) is 5.01 Å². The summed E-state index contributed by atoms with van der Waals surface area (Å²) >= 11 is 1.58. The zero-order chi connectivity index (χ0) is 17.2. The molecule has 1 saturated carbocycles. The van der Waals surface area contributed by atoms with Crippen LogP contribution in [-0.2, 0) is 4.79 Å². The van der Waals surface area contributed by atoms with Crippen LogP contribution < -0.4 is 14.8 Å². The lowest BCUT2D eigenvalue weighted by molar-refractivity contribution is -0.112. The Bertz CT molecular complexity index is 893. The summed E-state index contributed by atoms with van der Waals surface area (Å²) in [6.45, 7) is 0.984. The maximum Gasteiger partial charge on any atom is 0.266 e. The van der Waals surface area contributed by atoms with Gasteiger partial charge < -0.3 is 14.8 Å². The highest BCUT2D eigenvalue weighted by Crippen LogP contribution is 2.41. The first-order valence-corrected chi connectivity index (χ1v) is 8.89. The summed E-state index contributed by atoms with van der Waals surface area (Å²) in [7, 11) is 0. The zero-order valence-corrected chi connectivity index (χ0v) is 14.1. The Morgan fingerprint density at radius 2 is 2.12 bits per heavy atom. The molecule has 0 unspecified atom stereocenters. The van der Waals surface area contributed by atoms with Crippen molar-refractivity contribution in [2.24, 2.45) is 0 Å². The highest BCUT2D eigenvalue weighted by atomic mass is 32.1. The van der Waals surface area contributed by atoms with Gasteiger partial charge in [0, 0.05) is 23.1 Å². The Morgan fingerprint density at radius 3 is 2.88 bits per heavy atom. The lowest BCUT2D eigenvalue weighted by atomic mass is 10.2. The number of carbonyl (C=O) groups excluding carboxylic acids is 1. The zero-order valence-electron chi connectivity index (χ0n) is 13.3. The second-order valence-corrected chi connectivity index (χ2v) is 6.76. The van der Waals surface area contributed by atoms with E-state index in [1.165, 1.54) is 18.9 Å². The molecular weight excluding hydrogens is 338 g/mol. The smallest absolute Gasteiger partial charge is 0.266 e. The normalized spacial score (nSPS) is 16.2. The van der Waals surface area contributed by atoms with Crippen LogP contribution in [0.1, 0.15) is 29.5 Å². The summed E-state index contributed by atoms with van der Waals surface area (Å²) < 4.78 is 10.9. The quantitative estimate of drug-likeness (QED) is 0.673. The van der Waals surface area contributed by atoms with Gasteiger partial charge in [-0.2, -0.15) is 5.26 Å². The molecule has 1 aromatic heterocycles. The molecule has 4 rings (SSSR count). The van der Waals surface area contributed by atoms with Gasteiger partial charge in [0.1, 0.15) is 24.9 Å². The Morgan fingerprint density at radius 1 is 1.32 bits per heavy atom. The van der Waals surface area contributed by atoms with Crippen LogP contribution >= 0.6 is 11.3 Å². The van der Waals surface area contributed by atoms with Crippen molar-refractivity contribution >= 4 is 29.0 Å². The average molecular weight is 353 g/mol. The van der Waals surface area contributed by atoms with Crippen molar-refractivity contribution in [2.45, 2.75) is 18.8 Å². The van der Waals surface area contributed by atoms with Gasteiger partial charge in [0.25, 0.3) is 5.91 Å². The molecule has 25 heavy (non-hydrogen) atoms. The van der Waals surface area contributed by atoms with Crippen molar-refractivity contribution in [3.05, 3.63) is 39.9 Å². The molecule has 0 saturated heterocycles. The molecule has 1 amide bonds. The van der Waals surface area contributed by atoms with E-state index in [-0.39, 0.29) is 5.57 Å². The third-order valence-electron chi connectivity index (χ3n) is 3.92. The van der Waals surface area contributed by atoms with E-state index < -0.39 is 5.91 Å². The Hall–Kier alpha value is -2.85. The van der Waals surface area contributed by atoms with Gasteiger partial charge in [0.05, 0.1) is 10.7 Å². The van der Waals surface area contributed by atoms with E-state index in [2.05, 4.69) is 10.3 Å². The number of amides is 1. The molecule has 0 bridgehead atoms. The second-order valence-electron chi connectivity index (χ2n) is 5.87. The number of nitriles is 1. The van der Waals surface area contributed by atoms with E-state index in [4.69, 9.17) is 9.47 Å². The summed E-state index contributed by atoms with van der Waals surface area (Å²) in [4.78, 5) is 16.9. The molecule has 0 spiro atoms. The Balaban J connectivity index is 1.50. The monoisotopic (exact) mass is 353 g/mol. The molecule has 126 valence electrons. The van der Waals surface area contributed by atoms with Gasteiger partial charge in [-0.15, -0.1) is 11.3 Å². The van der Waals surface area contributed by atoms with Gasteiger partial charge in [-0.05, 0) is 31.1 Å². The number of rotatable bonds is 4. The average Bonchev–Trinajstić information content (AvgIpc) is 3.38. The topological polar surface area (TPSA) is 84.2 Å². The van der Waals surface area contributed by atoms with Crippen molar-refractivity contribution < 1.29 is 14.3 Å². The summed E-state index contributed by atoms with van der Waals surface area (Å²) in [6.07, 6.45) is 3.87. The first kappa shape index (κ1) is 15.7. The number of hydrogen-bond acceptors (Lipinski definition) is 6. The molecule has 0 atom stereocenters. The molecule has 0 radical (unpaired) electrons. The molecule has 1 N–H and O–H groups in total. The van der Waals surface area contributed by atoms with Crippen molar-refractivity contribution in [2.75, 3.05) is 18.5 Å². The highest BCUT2D eigenvalue weighted by molar-refractivity contribution is 7.09. The van der Waals surface area contributed by atoms with E-state index in [9.17, 15) is 10.1 Å². The van der Waals surface area contributed by atoms with Crippen LogP contribution in [-0.4, -0.2) is 24.1 Å². The molecule has 2 aliphatic rings. The van der Waals surface area contributed by atoms with Crippen molar-refractivity contribution in [3.63, 3.8) is 0 Å². The van der Waals surface area contributed by atoms with Crippen LogP contribution in [0.5, 0.6) is 11.5 Å². The molecular formula is C18H15N3O3S. The standard InChI is InChI=1S/C18H15N3O3S/c19-9-12(7-14-10-25-18(21-14)11-1-2-11)17(22)20-13-3-4-15-16(8-13)24-6-5-23-15/h3-4,7-8,10-11H,1-2,5-6H2,(H,20,22). The third-order valence-corrected chi connectivity index (χ3v) is 4.95. The van der Waals surface area contributed by atoms with E-state index in [1.807, 2.05) is 11.4 Å². The lowest BCUT2D eigenvalue weighted by Crippen LogP contribution is -2.17.